The molecule has 1 N–H and O–H groups in total. The maximum Gasteiger partial charge on any atom is 0.251 e. The highest BCUT2D eigenvalue weighted by Gasteiger charge is 2.07. The summed E-state index contributed by atoms with van der Waals surface area (Å²) in [5, 5.41) is 2.91. The normalized spacial score (nSPS) is 10.5. The van der Waals surface area contributed by atoms with Crippen LogP contribution in [0, 0.1) is 0 Å². The third-order valence-electron chi connectivity index (χ3n) is 3.80. The minimum absolute atomic E-state index is 0.126. The molecule has 2 heterocycles. The summed E-state index contributed by atoms with van der Waals surface area (Å²) in [5.74, 6) is 0.413. The van der Waals surface area contributed by atoms with Crippen LogP contribution in [-0.4, -0.2) is 35.8 Å². The zero-order valence-electron chi connectivity index (χ0n) is 14.6. The fourth-order valence-electron chi connectivity index (χ4n) is 2.43. The van der Waals surface area contributed by atoms with Gasteiger partial charge in [0.1, 0.15) is 6.61 Å². The Balaban J connectivity index is 1.56. The fraction of sp³-hybridized carbons (Fsp3) is 0.200. The molecule has 0 aliphatic carbocycles. The number of ether oxygens (including phenoxy) is 2. The lowest BCUT2D eigenvalue weighted by atomic mass is 10.2. The van der Waals surface area contributed by atoms with E-state index in [0.29, 0.717) is 31.2 Å². The van der Waals surface area contributed by atoms with Gasteiger partial charge in [-0.2, -0.15) is 0 Å². The van der Waals surface area contributed by atoms with Gasteiger partial charge in [-0.25, -0.2) is 4.98 Å². The van der Waals surface area contributed by atoms with Gasteiger partial charge < -0.3 is 19.4 Å². The monoisotopic (exact) mass is 351 g/mol. The first-order valence-corrected chi connectivity index (χ1v) is 8.34. The molecule has 1 amide bonds. The van der Waals surface area contributed by atoms with Crippen molar-refractivity contribution in [2.45, 2.75) is 6.54 Å². The molecule has 0 radical (unpaired) electrons. The fourth-order valence-corrected chi connectivity index (χ4v) is 2.43. The smallest absolute Gasteiger partial charge is 0.251 e. The lowest BCUT2D eigenvalue weighted by Crippen LogP contribution is -2.23. The Bertz CT molecular complexity index is 830. The molecular formula is C20H21N3O3. The Morgan fingerprint density at radius 3 is 2.69 bits per heavy atom. The predicted molar refractivity (Wildman–Crippen MR) is 98.5 cm³/mol. The van der Waals surface area contributed by atoms with Crippen LogP contribution in [-0.2, 0) is 11.3 Å². The molecule has 6 heteroatoms. The number of benzene rings is 1. The van der Waals surface area contributed by atoms with Crippen LogP contribution in [0.3, 0.4) is 0 Å². The van der Waals surface area contributed by atoms with E-state index in [0.717, 1.165) is 11.3 Å². The van der Waals surface area contributed by atoms with Crippen molar-refractivity contribution in [1.29, 1.82) is 0 Å². The number of aromatic nitrogens is 2. The molecule has 0 spiro atoms. The molecule has 0 atom stereocenters. The Labute approximate surface area is 152 Å². The second-order valence-corrected chi connectivity index (χ2v) is 5.67. The van der Waals surface area contributed by atoms with Crippen molar-refractivity contribution in [3.05, 3.63) is 78.2 Å². The summed E-state index contributed by atoms with van der Waals surface area (Å²) in [6.07, 6.45) is 5.58. The van der Waals surface area contributed by atoms with Crippen molar-refractivity contribution in [2.24, 2.45) is 0 Å². The van der Waals surface area contributed by atoms with Gasteiger partial charge in [0.25, 0.3) is 5.91 Å². The largest absolute Gasteiger partial charge is 0.475 e. The molecule has 0 saturated carbocycles. The van der Waals surface area contributed by atoms with Gasteiger partial charge in [-0.05, 0) is 35.9 Å². The Morgan fingerprint density at radius 1 is 1.12 bits per heavy atom. The van der Waals surface area contributed by atoms with E-state index in [1.54, 1.807) is 25.4 Å². The number of methoxy groups -OCH3 is 1. The molecule has 6 nitrogen and oxygen atoms in total. The first kappa shape index (κ1) is 17.7. The van der Waals surface area contributed by atoms with E-state index in [-0.39, 0.29) is 5.91 Å². The molecule has 0 unspecified atom stereocenters. The maximum atomic E-state index is 12.4. The molecular weight excluding hydrogens is 330 g/mol. The summed E-state index contributed by atoms with van der Waals surface area (Å²) >= 11 is 0. The zero-order chi connectivity index (χ0) is 18.2. The molecule has 1 aromatic carbocycles. The SMILES string of the molecule is COCCOc1ccc(CNC(=O)c2cccc(-n3cccc3)c2)cn1. The minimum Gasteiger partial charge on any atom is -0.475 e. The number of rotatable bonds is 8. The molecule has 0 bridgehead atoms. The van der Waals surface area contributed by atoms with Gasteiger partial charge in [-0.3, -0.25) is 4.79 Å². The highest BCUT2D eigenvalue weighted by molar-refractivity contribution is 5.94. The number of nitrogens with one attached hydrogen (secondary N) is 1. The number of hydrogen-bond acceptors (Lipinski definition) is 4. The van der Waals surface area contributed by atoms with E-state index in [9.17, 15) is 4.79 Å². The van der Waals surface area contributed by atoms with Gasteiger partial charge in [0, 0.05) is 49.6 Å². The van der Waals surface area contributed by atoms with Gasteiger partial charge >= 0.3 is 0 Å². The van der Waals surface area contributed by atoms with Gasteiger partial charge in [0.2, 0.25) is 5.88 Å². The standard InChI is InChI=1S/C20H21N3O3/c1-25-11-12-26-19-8-7-16(14-21-19)15-22-20(24)17-5-4-6-18(13-17)23-9-2-3-10-23/h2-10,13-14H,11-12,15H2,1H3,(H,22,24). The predicted octanol–water partition coefficient (Wildman–Crippen LogP) is 2.83. The second kappa shape index (κ2) is 8.82. The van der Waals surface area contributed by atoms with Crippen LogP contribution in [0.15, 0.2) is 67.1 Å². The third kappa shape index (κ3) is 4.70. The van der Waals surface area contributed by atoms with E-state index in [2.05, 4.69) is 10.3 Å². The molecule has 0 fully saturated rings. The van der Waals surface area contributed by atoms with E-state index >= 15 is 0 Å². The number of carbonyl (C=O) groups excluding carboxylic acids is 1. The summed E-state index contributed by atoms with van der Waals surface area (Å²) in [5.41, 5.74) is 2.46. The van der Waals surface area contributed by atoms with Crippen molar-refractivity contribution in [2.75, 3.05) is 20.3 Å². The van der Waals surface area contributed by atoms with Gasteiger partial charge in [0.15, 0.2) is 0 Å². The van der Waals surface area contributed by atoms with E-state index in [1.807, 2.05) is 53.4 Å². The van der Waals surface area contributed by atoms with Crippen LogP contribution in [0.4, 0.5) is 0 Å². The summed E-state index contributed by atoms with van der Waals surface area (Å²) in [4.78, 5) is 16.6. The molecule has 134 valence electrons. The van der Waals surface area contributed by atoms with Gasteiger partial charge in [-0.15, -0.1) is 0 Å². The van der Waals surface area contributed by atoms with Gasteiger partial charge in [-0.1, -0.05) is 12.1 Å². The summed E-state index contributed by atoms with van der Waals surface area (Å²) in [6.45, 7) is 1.37. The van der Waals surface area contributed by atoms with E-state index in [4.69, 9.17) is 9.47 Å². The number of nitrogens with zero attached hydrogens (tertiary/aromatic N) is 2. The summed E-state index contributed by atoms with van der Waals surface area (Å²) in [6, 6.07) is 15.1. The first-order chi connectivity index (χ1) is 12.8. The topological polar surface area (TPSA) is 65.4 Å². The van der Waals surface area contributed by atoms with Gasteiger partial charge in [0.05, 0.1) is 6.61 Å². The molecule has 2 aromatic heterocycles. The molecule has 3 aromatic rings. The lowest BCUT2D eigenvalue weighted by Gasteiger charge is -2.09. The highest BCUT2D eigenvalue weighted by atomic mass is 16.5. The quantitative estimate of drug-likeness (QED) is 0.634. The molecule has 26 heavy (non-hydrogen) atoms. The maximum absolute atomic E-state index is 12.4. The van der Waals surface area contributed by atoms with Crippen molar-refractivity contribution in [1.82, 2.24) is 14.9 Å². The highest BCUT2D eigenvalue weighted by Crippen LogP contribution is 2.12. The molecule has 0 saturated heterocycles. The molecule has 3 rings (SSSR count). The number of hydrogen-bond donors (Lipinski definition) is 1. The number of carbonyl (C=O) groups is 1. The Kier molecular flexibility index (Phi) is 6.01. The Hall–Kier alpha value is -3.12. The van der Waals surface area contributed by atoms with Crippen LogP contribution < -0.4 is 10.1 Å². The average molecular weight is 351 g/mol. The van der Waals surface area contributed by atoms with Crippen LogP contribution in [0.2, 0.25) is 0 Å². The summed E-state index contributed by atoms with van der Waals surface area (Å²) in [7, 11) is 1.62. The van der Waals surface area contributed by atoms with Crippen LogP contribution in [0.5, 0.6) is 5.88 Å². The van der Waals surface area contributed by atoms with Crippen molar-refractivity contribution < 1.29 is 14.3 Å². The number of amides is 1. The average Bonchev–Trinajstić information content (AvgIpc) is 3.22. The van der Waals surface area contributed by atoms with Crippen molar-refractivity contribution in [3.63, 3.8) is 0 Å². The third-order valence-corrected chi connectivity index (χ3v) is 3.80. The van der Waals surface area contributed by atoms with Crippen LogP contribution in [0.25, 0.3) is 5.69 Å². The van der Waals surface area contributed by atoms with E-state index in [1.165, 1.54) is 0 Å². The lowest BCUT2D eigenvalue weighted by molar-refractivity contribution is 0.0951. The summed E-state index contributed by atoms with van der Waals surface area (Å²) < 4.78 is 12.3. The second-order valence-electron chi connectivity index (χ2n) is 5.67. The first-order valence-electron chi connectivity index (χ1n) is 8.34. The zero-order valence-corrected chi connectivity index (χ0v) is 14.6. The van der Waals surface area contributed by atoms with E-state index < -0.39 is 0 Å². The molecule has 0 aliphatic heterocycles. The number of pyridine rings is 1. The minimum atomic E-state index is -0.126. The van der Waals surface area contributed by atoms with Crippen LogP contribution in [0.1, 0.15) is 15.9 Å². The van der Waals surface area contributed by atoms with Crippen molar-refractivity contribution in [3.8, 4) is 11.6 Å². The Morgan fingerprint density at radius 2 is 1.96 bits per heavy atom. The van der Waals surface area contributed by atoms with Crippen LogP contribution >= 0.6 is 0 Å². The van der Waals surface area contributed by atoms with Crippen molar-refractivity contribution >= 4 is 5.91 Å². The molecule has 0 aliphatic rings.